The lowest BCUT2D eigenvalue weighted by atomic mass is 10.7. The van der Waals surface area contributed by atoms with Crippen LogP contribution in [0.1, 0.15) is 0 Å². The fourth-order valence-electron chi connectivity index (χ4n) is 0.975. The van der Waals surface area contributed by atoms with E-state index in [0.29, 0.717) is 5.95 Å². The Morgan fingerprint density at radius 3 is 2.53 bits per heavy atom. The number of hydrogen-bond donors (Lipinski definition) is 2. The molecule has 2 aromatic rings. The number of nitrogens with zero attached hydrogens (tertiary/aromatic N) is 4. The standard InChI is InChI=1S/C7H8N6O2S2/c1-8-6-9-2-5(3-10-6)17(14,15)13-7-12-11-4-16-7/h2-4H,1H3,(H,12,13)(H,8,9,10). The molecule has 0 aromatic carbocycles. The minimum Gasteiger partial charge on any atom is -0.357 e. The predicted octanol–water partition coefficient (Wildman–Crippen LogP) is 0.171. The van der Waals surface area contributed by atoms with E-state index < -0.39 is 10.0 Å². The lowest BCUT2D eigenvalue weighted by Gasteiger charge is -2.04. The van der Waals surface area contributed by atoms with E-state index in [4.69, 9.17) is 0 Å². The molecule has 0 atom stereocenters. The molecule has 0 aliphatic heterocycles. The highest BCUT2D eigenvalue weighted by Crippen LogP contribution is 2.15. The molecule has 2 N–H and O–H groups in total. The van der Waals surface area contributed by atoms with E-state index in [1.807, 2.05) is 0 Å². The summed E-state index contributed by atoms with van der Waals surface area (Å²) in [5, 5.41) is 10.0. The smallest absolute Gasteiger partial charge is 0.266 e. The summed E-state index contributed by atoms with van der Waals surface area (Å²) in [4.78, 5) is 7.60. The molecule has 0 saturated carbocycles. The molecule has 90 valence electrons. The molecule has 2 aromatic heterocycles. The molecule has 2 heterocycles. The number of anilines is 2. The van der Waals surface area contributed by atoms with Gasteiger partial charge in [-0.1, -0.05) is 11.3 Å². The molecular weight excluding hydrogens is 264 g/mol. The third-order valence-corrected chi connectivity index (χ3v) is 3.77. The molecule has 0 saturated heterocycles. The fraction of sp³-hybridized carbons (Fsp3) is 0.143. The molecule has 0 aliphatic carbocycles. The van der Waals surface area contributed by atoms with E-state index in [2.05, 4.69) is 30.2 Å². The second-order valence-corrected chi connectivity index (χ2v) is 5.36. The second kappa shape index (κ2) is 4.59. The normalized spacial score (nSPS) is 11.1. The van der Waals surface area contributed by atoms with Gasteiger partial charge in [0.1, 0.15) is 10.4 Å². The molecule has 0 radical (unpaired) electrons. The van der Waals surface area contributed by atoms with E-state index in [-0.39, 0.29) is 10.0 Å². The van der Waals surface area contributed by atoms with Crippen molar-refractivity contribution in [2.24, 2.45) is 0 Å². The van der Waals surface area contributed by atoms with Gasteiger partial charge in [-0.3, -0.25) is 4.72 Å². The molecule has 8 nitrogen and oxygen atoms in total. The Morgan fingerprint density at radius 2 is 2.00 bits per heavy atom. The maximum Gasteiger partial charge on any atom is 0.266 e. The van der Waals surface area contributed by atoms with E-state index in [1.54, 1.807) is 7.05 Å². The molecule has 0 bridgehead atoms. The molecule has 0 unspecified atom stereocenters. The summed E-state index contributed by atoms with van der Waals surface area (Å²) in [5.41, 5.74) is 1.43. The molecule has 0 amide bonds. The van der Waals surface area contributed by atoms with E-state index in [9.17, 15) is 8.42 Å². The van der Waals surface area contributed by atoms with Crippen molar-refractivity contribution in [2.75, 3.05) is 17.1 Å². The van der Waals surface area contributed by atoms with Gasteiger partial charge in [0.05, 0.1) is 12.4 Å². The van der Waals surface area contributed by atoms with E-state index in [0.717, 1.165) is 11.3 Å². The van der Waals surface area contributed by atoms with Crippen molar-refractivity contribution in [3.63, 3.8) is 0 Å². The Labute approximate surface area is 101 Å². The van der Waals surface area contributed by atoms with Crippen molar-refractivity contribution in [1.29, 1.82) is 0 Å². The molecular formula is C7H8N6O2S2. The third-order valence-electron chi connectivity index (χ3n) is 1.74. The van der Waals surface area contributed by atoms with Crippen LogP contribution in [0.15, 0.2) is 22.8 Å². The Kier molecular flexibility index (Phi) is 3.15. The first kappa shape index (κ1) is 11.7. The maximum atomic E-state index is 11.8. The van der Waals surface area contributed by atoms with Crippen LogP contribution >= 0.6 is 11.3 Å². The minimum absolute atomic E-state index is 0.0355. The van der Waals surface area contributed by atoms with Crippen LogP contribution in [0, 0.1) is 0 Å². The zero-order chi connectivity index (χ0) is 12.3. The van der Waals surface area contributed by atoms with Crippen molar-refractivity contribution in [3.8, 4) is 0 Å². The van der Waals surface area contributed by atoms with Crippen LogP contribution < -0.4 is 10.0 Å². The monoisotopic (exact) mass is 272 g/mol. The Bertz CT molecular complexity index is 579. The van der Waals surface area contributed by atoms with Crippen molar-refractivity contribution in [3.05, 3.63) is 17.9 Å². The molecule has 0 spiro atoms. The van der Waals surface area contributed by atoms with Crippen LogP contribution in [0.3, 0.4) is 0 Å². The Hall–Kier alpha value is -1.81. The van der Waals surface area contributed by atoms with Crippen LogP contribution in [-0.4, -0.2) is 35.6 Å². The average molecular weight is 272 g/mol. The summed E-state index contributed by atoms with van der Waals surface area (Å²) >= 11 is 1.09. The van der Waals surface area contributed by atoms with Gasteiger partial charge in [0.25, 0.3) is 10.0 Å². The van der Waals surface area contributed by atoms with Crippen LogP contribution in [0.2, 0.25) is 0 Å². The summed E-state index contributed by atoms with van der Waals surface area (Å²) in [6.45, 7) is 0. The van der Waals surface area contributed by atoms with Gasteiger partial charge in [0.15, 0.2) is 0 Å². The lowest BCUT2D eigenvalue weighted by molar-refractivity contribution is 0.600. The number of sulfonamides is 1. The van der Waals surface area contributed by atoms with Gasteiger partial charge < -0.3 is 5.32 Å². The summed E-state index contributed by atoms with van der Waals surface area (Å²) < 4.78 is 25.9. The van der Waals surface area contributed by atoms with Crippen LogP contribution in [0.25, 0.3) is 0 Å². The number of nitrogens with one attached hydrogen (secondary N) is 2. The van der Waals surface area contributed by atoms with Gasteiger partial charge in [0, 0.05) is 7.05 Å². The fourth-order valence-corrected chi connectivity index (χ4v) is 2.56. The Balaban J connectivity index is 2.25. The zero-order valence-electron chi connectivity index (χ0n) is 8.65. The quantitative estimate of drug-likeness (QED) is 0.816. The largest absolute Gasteiger partial charge is 0.357 e. The molecule has 10 heteroatoms. The van der Waals surface area contributed by atoms with Gasteiger partial charge in [-0.25, -0.2) is 18.4 Å². The van der Waals surface area contributed by atoms with Crippen LogP contribution in [0.4, 0.5) is 11.1 Å². The first-order valence-corrected chi connectivity index (χ1v) is 6.77. The average Bonchev–Trinajstić information content (AvgIpc) is 2.81. The zero-order valence-corrected chi connectivity index (χ0v) is 10.3. The molecule has 17 heavy (non-hydrogen) atoms. The predicted molar refractivity (Wildman–Crippen MR) is 62.3 cm³/mol. The summed E-state index contributed by atoms with van der Waals surface area (Å²) in [7, 11) is -2.06. The van der Waals surface area contributed by atoms with Gasteiger partial charge in [-0.2, -0.15) is 0 Å². The number of rotatable bonds is 4. The Morgan fingerprint density at radius 1 is 1.29 bits per heavy atom. The SMILES string of the molecule is CNc1ncc(S(=O)(=O)Nc2nncs2)cn1. The minimum atomic E-state index is -3.70. The highest BCUT2D eigenvalue weighted by Gasteiger charge is 2.16. The first-order valence-electron chi connectivity index (χ1n) is 4.40. The summed E-state index contributed by atoms with van der Waals surface area (Å²) in [5.74, 6) is 0.347. The highest BCUT2D eigenvalue weighted by atomic mass is 32.2. The van der Waals surface area contributed by atoms with Gasteiger partial charge >= 0.3 is 0 Å². The highest BCUT2D eigenvalue weighted by molar-refractivity contribution is 7.93. The maximum absolute atomic E-state index is 11.8. The van der Waals surface area contributed by atoms with E-state index >= 15 is 0 Å². The van der Waals surface area contributed by atoms with E-state index in [1.165, 1.54) is 17.9 Å². The topological polar surface area (TPSA) is 110 Å². The van der Waals surface area contributed by atoms with Gasteiger partial charge in [-0.15, -0.1) is 10.2 Å². The first-order chi connectivity index (χ1) is 8.12. The molecule has 2 rings (SSSR count). The third kappa shape index (κ3) is 2.65. The van der Waals surface area contributed by atoms with Gasteiger partial charge in [0.2, 0.25) is 11.1 Å². The lowest BCUT2D eigenvalue weighted by Crippen LogP contribution is -2.13. The number of hydrogen-bond acceptors (Lipinski definition) is 8. The van der Waals surface area contributed by atoms with Gasteiger partial charge in [-0.05, 0) is 0 Å². The van der Waals surface area contributed by atoms with Crippen LogP contribution in [-0.2, 0) is 10.0 Å². The summed E-state index contributed by atoms with van der Waals surface area (Å²) in [6.07, 6.45) is 2.42. The summed E-state index contributed by atoms with van der Waals surface area (Å²) in [6, 6.07) is 0. The molecule has 0 aliphatic rings. The number of aromatic nitrogens is 4. The molecule has 0 fully saturated rings. The van der Waals surface area contributed by atoms with Crippen molar-refractivity contribution < 1.29 is 8.42 Å². The van der Waals surface area contributed by atoms with Crippen molar-refractivity contribution in [1.82, 2.24) is 20.2 Å². The van der Waals surface area contributed by atoms with Crippen LogP contribution in [0.5, 0.6) is 0 Å². The van der Waals surface area contributed by atoms with Crippen molar-refractivity contribution in [2.45, 2.75) is 4.90 Å². The van der Waals surface area contributed by atoms with Crippen molar-refractivity contribution >= 4 is 32.4 Å². The second-order valence-electron chi connectivity index (χ2n) is 2.84.